The van der Waals surface area contributed by atoms with Gasteiger partial charge < -0.3 is 9.29 Å². The zero-order chi connectivity index (χ0) is 13.7. The second-order valence-electron chi connectivity index (χ2n) is 3.82. The summed E-state index contributed by atoms with van der Waals surface area (Å²) >= 11 is 3.99. The molecule has 0 amide bonds. The highest BCUT2D eigenvalue weighted by atomic mass is 35.5. The average molecular weight is 245 g/mol. The van der Waals surface area contributed by atoms with Gasteiger partial charge in [-0.1, -0.05) is 0 Å². The summed E-state index contributed by atoms with van der Waals surface area (Å²) in [4.78, 5) is 0. The third-order valence-electron chi connectivity index (χ3n) is 1.31. The molecule has 2 atom stereocenters. The molecule has 0 rings (SSSR count). The van der Waals surface area contributed by atoms with Crippen molar-refractivity contribution in [2.24, 2.45) is 0 Å². The summed E-state index contributed by atoms with van der Waals surface area (Å²) in [6, 6.07) is -0.953. The molecule has 0 aliphatic rings. The maximum atomic E-state index is 11.8. The Morgan fingerprint density at radius 2 is 2.29 bits per heavy atom. The molecular formula is C9H20ClNO2S. The van der Waals surface area contributed by atoms with Crippen LogP contribution >= 0.6 is 11.6 Å². The monoisotopic (exact) mass is 244 g/mol. The SMILES string of the molecule is [2H]C([2H])([2H])C(COCCCl)N[S@+]([O-])C(C)(C)C. The second kappa shape index (κ2) is 6.90. The van der Waals surface area contributed by atoms with E-state index >= 15 is 0 Å². The first-order chi connectivity index (χ1) is 7.59. The van der Waals surface area contributed by atoms with Gasteiger partial charge in [0.1, 0.15) is 4.75 Å². The molecule has 0 aliphatic carbocycles. The lowest BCUT2D eigenvalue weighted by molar-refractivity contribution is 0.135. The Bertz CT molecular complexity index is 223. The fourth-order valence-corrected chi connectivity index (χ4v) is 1.38. The van der Waals surface area contributed by atoms with Gasteiger partial charge in [-0.2, -0.15) is 0 Å². The van der Waals surface area contributed by atoms with Gasteiger partial charge in [-0.3, -0.25) is 0 Å². The molecule has 0 saturated carbocycles. The lowest BCUT2D eigenvalue weighted by Crippen LogP contribution is -2.45. The molecule has 0 aromatic carbocycles. The Balaban J connectivity index is 4.40. The Labute approximate surface area is 99.1 Å². The van der Waals surface area contributed by atoms with E-state index in [-0.39, 0.29) is 13.2 Å². The third-order valence-corrected chi connectivity index (χ3v) is 3.08. The minimum absolute atomic E-state index is 0.0367. The summed E-state index contributed by atoms with van der Waals surface area (Å²) in [7, 11) is 0. The summed E-state index contributed by atoms with van der Waals surface area (Å²) in [5, 5.41) is 0. The minimum atomic E-state index is -2.26. The first-order valence-electron chi connectivity index (χ1n) is 5.91. The molecule has 5 heteroatoms. The Morgan fingerprint density at radius 3 is 2.71 bits per heavy atom. The van der Waals surface area contributed by atoms with E-state index in [1.807, 2.05) is 0 Å². The van der Waals surface area contributed by atoms with E-state index in [2.05, 4.69) is 4.72 Å². The van der Waals surface area contributed by atoms with Crippen LogP contribution in [0.15, 0.2) is 0 Å². The highest BCUT2D eigenvalue weighted by Crippen LogP contribution is 2.13. The van der Waals surface area contributed by atoms with Crippen LogP contribution in [0.4, 0.5) is 0 Å². The molecule has 0 saturated heterocycles. The highest BCUT2D eigenvalue weighted by Gasteiger charge is 2.27. The Hall–Kier alpha value is 0.520. The van der Waals surface area contributed by atoms with Gasteiger partial charge >= 0.3 is 0 Å². The topological polar surface area (TPSA) is 44.3 Å². The summed E-state index contributed by atoms with van der Waals surface area (Å²) in [6.45, 7) is 3.29. The molecular weight excluding hydrogens is 222 g/mol. The van der Waals surface area contributed by atoms with Gasteiger partial charge in [0.05, 0.1) is 19.3 Å². The van der Waals surface area contributed by atoms with Crippen molar-refractivity contribution in [2.45, 2.75) is 38.4 Å². The van der Waals surface area contributed by atoms with Gasteiger partial charge in [0.2, 0.25) is 0 Å². The van der Waals surface area contributed by atoms with Crippen molar-refractivity contribution in [1.29, 1.82) is 0 Å². The van der Waals surface area contributed by atoms with E-state index in [1.54, 1.807) is 20.8 Å². The first kappa shape index (κ1) is 9.73. The van der Waals surface area contributed by atoms with Crippen LogP contribution in [0.3, 0.4) is 0 Å². The van der Waals surface area contributed by atoms with Crippen molar-refractivity contribution >= 4 is 23.0 Å². The van der Waals surface area contributed by atoms with Gasteiger partial charge in [-0.05, 0) is 27.6 Å². The highest BCUT2D eigenvalue weighted by molar-refractivity contribution is 7.90. The van der Waals surface area contributed by atoms with Crippen LogP contribution in [0.5, 0.6) is 0 Å². The molecule has 0 aromatic rings. The summed E-state index contributed by atoms with van der Waals surface area (Å²) in [6.07, 6.45) is 0. The molecule has 14 heavy (non-hydrogen) atoms. The van der Waals surface area contributed by atoms with Crippen LogP contribution in [0.1, 0.15) is 31.7 Å². The van der Waals surface area contributed by atoms with Crippen molar-refractivity contribution in [1.82, 2.24) is 4.72 Å². The average Bonchev–Trinajstić information content (AvgIpc) is 2.13. The summed E-state index contributed by atoms with van der Waals surface area (Å²) in [5.74, 6) is 0.302. The van der Waals surface area contributed by atoms with Crippen molar-refractivity contribution < 1.29 is 13.4 Å². The molecule has 0 aromatic heterocycles. The van der Waals surface area contributed by atoms with Gasteiger partial charge in [-0.25, -0.2) is 0 Å². The van der Waals surface area contributed by atoms with E-state index in [4.69, 9.17) is 20.5 Å². The second-order valence-corrected chi connectivity index (χ2v) is 6.19. The molecule has 0 aliphatic heterocycles. The Morgan fingerprint density at radius 1 is 1.64 bits per heavy atom. The standard InChI is InChI=1S/C9H20ClNO2S/c1-8(7-13-6-5-10)11-14(12)9(2,3)4/h8,11H,5-7H2,1-4H3/t8?,14-/m1/s1/i1D3. The number of rotatable bonds is 6. The van der Waals surface area contributed by atoms with Crippen molar-refractivity contribution in [3.8, 4) is 0 Å². The molecule has 0 heterocycles. The van der Waals surface area contributed by atoms with Crippen LogP contribution in [0, 0.1) is 0 Å². The molecule has 3 nitrogen and oxygen atoms in total. The first-order valence-corrected chi connectivity index (χ1v) is 6.09. The number of hydrogen-bond acceptors (Lipinski definition) is 3. The maximum Gasteiger partial charge on any atom is 0.136 e. The quantitative estimate of drug-likeness (QED) is 0.439. The number of halogens is 1. The van der Waals surface area contributed by atoms with E-state index < -0.39 is 29.0 Å². The number of nitrogens with one attached hydrogen (secondary N) is 1. The van der Waals surface area contributed by atoms with Gasteiger partial charge in [0.15, 0.2) is 0 Å². The van der Waals surface area contributed by atoms with Crippen LogP contribution in [0.2, 0.25) is 0 Å². The molecule has 1 unspecified atom stereocenters. The Kier molecular flexibility index (Phi) is 4.80. The molecule has 0 radical (unpaired) electrons. The molecule has 86 valence electrons. The zero-order valence-electron chi connectivity index (χ0n) is 11.8. The van der Waals surface area contributed by atoms with E-state index in [1.165, 1.54) is 0 Å². The van der Waals surface area contributed by atoms with E-state index in [0.717, 1.165) is 0 Å². The fourth-order valence-electron chi connectivity index (χ4n) is 0.596. The normalized spacial score (nSPS) is 20.8. The maximum absolute atomic E-state index is 11.8. The molecule has 0 spiro atoms. The predicted molar refractivity (Wildman–Crippen MR) is 62.0 cm³/mol. The fraction of sp³-hybridized carbons (Fsp3) is 1.00. The van der Waals surface area contributed by atoms with Crippen LogP contribution in [-0.4, -0.2) is 34.4 Å². The molecule has 0 fully saturated rings. The van der Waals surface area contributed by atoms with Crippen LogP contribution < -0.4 is 4.72 Å². The van der Waals surface area contributed by atoms with Gasteiger partial charge in [0.25, 0.3) is 0 Å². The van der Waals surface area contributed by atoms with Crippen LogP contribution in [0.25, 0.3) is 0 Å². The lowest BCUT2D eigenvalue weighted by Gasteiger charge is -2.26. The predicted octanol–water partition coefficient (Wildman–Crippen LogP) is 1.68. The summed E-state index contributed by atoms with van der Waals surface area (Å²) < 4.78 is 41.0. The van der Waals surface area contributed by atoms with E-state index in [0.29, 0.717) is 5.88 Å². The zero-order valence-corrected chi connectivity index (χ0v) is 10.4. The lowest BCUT2D eigenvalue weighted by atomic mass is 10.3. The number of hydrogen-bond donors (Lipinski definition) is 1. The van der Waals surface area contributed by atoms with Crippen molar-refractivity contribution in [3.05, 3.63) is 0 Å². The molecule has 1 N–H and O–H groups in total. The van der Waals surface area contributed by atoms with Gasteiger partial charge in [0, 0.05) is 21.4 Å². The number of alkyl halides is 1. The van der Waals surface area contributed by atoms with E-state index in [9.17, 15) is 4.55 Å². The number of ether oxygens (including phenoxy) is 1. The van der Waals surface area contributed by atoms with Crippen LogP contribution in [-0.2, 0) is 16.1 Å². The summed E-state index contributed by atoms with van der Waals surface area (Å²) in [5.41, 5.74) is 0. The van der Waals surface area contributed by atoms with Crippen molar-refractivity contribution in [3.63, 3.8) is 0 Å². The smallest absolute Gasteiger partial charge is 0.136 e. The molecule has 0 bridgehead atoms. The largest absolute Gasteiger partial charge is 0.598 e. The van der Waals surface area contributed by atoms with Crippen molar-refractivity contribution in [2.75, 3.05) is 19.1 Å². The third kappa shape index (κ3) is 6.90. The van der Waals surface area contributed by atoms with Gasteiger partial charge in [-0.15, -0.1) is 16.3 Å². The minimum Gasteiger partial charge on any atom is -0.598 e.